The first kappa shape index (κ1) is 12.3. The zero-order valence-corrected chi connectivity index (χ0v) is 10.2. The van der Waals surface area contributed by atoms with Gasteiger partial charge < -0.3 is 10.2 Å². The Labute approximate surface area is 103 Å². The second kappa shape index (κ2) is 4.29. The van der Waals surface area contributed by atoms with Crippen molar-refractivity contribution in [2.45, 2.75) is 32.7 Å². The van der Waals surface area contributed by atoms with Crippen LogP contribution >= 0.6 is 0 Å². The number of aryl methyl sites for hydroxylation is 1. The van der Waals surface area contributed by atoms with Crippen LogP contribution in [0.25, 0.3) is 5.76 Å². The molecule has 0 saturated heterocycles. The number of carboxylic acid groups (broad SMARTS) is 1. The molecule has 0 spiro atoms. The summed E-state index contributed by atoms with van der Waals surface area (Å²) in [5, 5.41) is 18.8. The van der Waals surface area contributed by atoms with E-state index < -0.39 is 11.5 Å². The zero-order valence-electron chi connectivity index (χ0n) is 10.2. The largest absolute Gasteiger partial charge is 0.504 e. The van der Waals surface area contributed by atoms with E-state index in [-0.39, 0.29) is 28.9 Å². The SMILES string of the molecule is CCc1nc2n(c(=O)c1C(=O)O)C(C)CC=C2O. The number of carboxylic acids is 1. The minimum Gasteiger partial charge on any atom is -0.504 e. The van der Waals surface area contributed by atoms with Crippen LogP contribution in [0.2, 0.25) is 0 Å². The van der Waals surface area contributed by atoms with Gasteiger partial charge in [0, 0.05) is 6.04 Å². The maximum absolute atomic E-state index is 12.2. The van der Waals surface area contributed by atoms with Crippen LogP contribution in [0, 0.1) is 0 Å². The van der Waals surface area contributed by atoms with E-state index in [2.05, 4.69) is 4.98 Å². The first-order chi connectivity index (χ1) is 8.47. The Morgan fingerprint density at radius 2 is 2.28 bits per heavy atom. The standard InChI is InChI=1S/C12H14N2O4/c1-3-7-9(12(17)18)11(16)14-6(2)4-5-8(15)10(14)13-7/h5-6,15H,3-4H2,1-2H3,(H,17,18). The summed E-state index contributed by atoms with van der Waals surface area (Å²) in [5.41, 5.74) is -0.702. The third-order valence-corrected chi connectivity index (χ3v) is 3.06. The lowest BCUT2D eigenvalue weighted by atomic mass is 10.1. The van der Waals surface area contributed by atoms with Gasteiger partial charge in [-0.1, -0.05) is 6.92 Å². The molecule has 2 heterocycles. The zero-order chi connectivity index (χ0) is 13.4. The molecule has 1 unspecified atom stereocenters. The monoisotopic (exact) mass is 250 g/mol. The van der Waals surface area contributed by atoms with Crippen molar-refractivity contribution in [3.05, 3.63) is 33.5 Å². The molecule has 0 saturated carbocycles. The summed E-state index contributed by atoms with van der Waals surface area (Å²) in [4.78, 5) is 27.4. The van der Waals surface area contributed by atoms with E-state index in [1.165, 1.54) is 4.57 Å². The van der Waals surface area contributed by atoms with Gasteiger partial charge in [0.2, 0.25) is 0 Å². The highest BCUT2D eigenvalue weighted by atomic mass is 16.4. The van der Waals surface area contributed by atoms with Crippen LogP contribution in [0.4, 0.5) is 0 Å². The van der Waals surface area contributed by atoms with Crippen molar-refractivity contribution in [3.63, 3.8) is 0 Å². The van der Waals surface area contributed by atoms with Crippen molar-refractivity contribution in [1.29, 1.82) is 0 Å². The number of allylic oxidation sites excluding steroid dienone is 1. The summed E-state index contributed by atoms with van der Waals surface area (Å²) < 4.78 is 1.25. The molecule has 1 aliphatic rings. The molecule has 96 valence electrons. The summed E-state index contributed by atoms with van der Waals surface area (Å²) in [7, 11) is 0. The van der Waals surface area contributed by atoms with Gasteiger partial charge in [-0.05, 0) is 25.8 Å². The van der Waals surface area contributed by atoms with E-state index in [0.717, 1.165) is 0 Å². The van der Waals surface area contributed by atoms with Crippen molar-refractivity contribution >= 4 is 11.7 Å². The number of aromatic nitrogens is 2. The van der Waals surface area contributed by atoms with Crippen LogP contribution in [0.1, 0.15) is 48.2 Å². The van der Waals surface area contributed by atoms with Crippen LogP contribution in [-0.4, -0.2) is 25.7 Å². The number of aliphatic hydroxyl groups excluding tert-OH is 1. The van der Waals surface area contributed by atoms with Crippen LogP contribution in [-0.2, 0) is 6.42 Å². The summed E-state index contributed by atoms with van der Waals surface area (Å²) in [6.07, 6.45) is 2.39. The molecule has 0 aromatic carbocycles. The Balaban J connectivity index is 2.84. The fraction of sp³-hybridized carbons (Fsp3) is 0.417. The summed E-state index contributed by atoms with van der Waals surface area (Å²) in [6.45, 7) is 3.51. The molecule has 2 rings (SSSR count). The second-order valence-electron chi connectivity index (χ2n) is 4.27. The molecule has 1 atom stereocenters. The minimum absolute atomic E-state index is 0.0724. The third-order valence-electron chi connectivity index (χ3n) is 3.06. The molecule has 0 amide bonds. The lowest BCUT2D eigenvalue weighted by Crippen LogP contribution is -2.35. The Morgan fingerprint density at radius 3 is 2.83 bits per heavy atom. The van der Waals surface area contributed by atoms with Crippen LogP contribution in [0.3, 0.4) is 0 Å². The average Bonchev–Trinajstić information content (AvgIpc) is 2.32. The molecule has 0 radical (unpaired) electrons. The first-order valence-electron chi connectivity index (χ1n) is 5.75. The molecule has 1 aromatic heterocycles. The van der Waals surface area contributed by atoms with Crippen molar-refractivity contribution in [2.75, 3.05) is 0 Å². The van der Waals surface area contributed by atoms with Crippen molar-refractivity contribution in [1.82, 2.24) is 9.55 Å². The molecule has 0 bridgehead atoms. The smallest absolute Gasteiger partial charge is 0.343 e. The maximum Gasteiger partial charge on any atom is 0.343 e. The van der Waals surface area contributed by atoms with E-state index in [9.17, 15) is 14.7 Å². The number of hydrogen-bond donors (Lipinski definition) is 2. The summed E-state index contributed by atoms with van der Waals surface area (Å²) in [5.74, 6) is -1.20. The molecule has 2 N–H and O–H groups in total. The van der Waals surface area contributed by atoms with Gasteiger partial charge >= 0.3 is 5.97 Å². The highest BCUT2D eigenvalue weighted by Crippen LogP contribution is 2.24. The molecular formula is C12H14N2O4. The number of aromatic carboxylic acids is 1. The quantitative estimate of drug-likeness (QED) is 0.826. The van der Waals surface area contributed by atoms with E-state index in [1.54, 1.807) is 19.9 Å². The fourth-order valence-electron chi connectivity index (χ4n) is 2.12. The number of carbonyl (C=O) groups is 1. The van der Waals surface area contributed by atoms with Crippen LogP contribution in [0.5, 0.6) is 0 Å². The maximum atomic E-state index is 12.2. The van der Waals surface area contributed by atoms with Crippen LogP contribution < -0.4 is 5.56 Å². The minimum atomic E-state index is -1.28. The Kier molecular flexibility index (Phi) is 2.94. The third kappa shape index (κ3) is 1.70. The lowest BCUT2D eigenvalue weighted by Gasteiger charge is -2.23. The molecule has 6 heteroatoms. The number of nitrogens with zero attached hydrogens (tertiary/aromatic N) is 2. The van der Waals surface area contributed by atoms with Gasteiger partial charge in [-0.25, -0.2) is 9.78 Å². The molecule has 1 aromatic rings. The summed E-state index contributed by atoms with van der Waals surface area (Å²) in [6, 6.07) is -0.208. The van der Waals surface area contributed by atoms with Gasteiger partial charge in [0.05, 0.1) is 5.69 Å². The van der Waals surface area contributed by atoms with Crippen molar-refractivity contribution in [2.24, 2.45) is 0 Å². The van der Waals surface area contributed by atoms with Gasteiger partial charge in [-0.15, -0.1) is 0 Å². The number of hydrogen-bond acceptors (Lipinski definition) is 4. The number of rotatable bonds is 2. The van der Waals surface area contributed by atoms with Gasteiger partial charge in [-0.3, -0.25) is 9.36 Å². The van der Waals surface area contributed by atoms with Gasteiger partial charge in [-0.2, -0.15) is 0 Å². The first-order valence-corrected chi connectivity index (χ1v) is 5.75. The van der Waals surface area contributed by atoms with E-state index in [0.29, 0.717) is 12.8 Å². The van der Waals surface area contributed by atoms with Gasteiger partial charge in [0.25, 0.3) is 5.56 Å². The second-order valence-corrected chi connectivity index (χ2v) is 4.27. The van der Waals surface area contributed by atoms with Crippen molar-refractivity contribution < 1.29 is 15.0 Å². The number of aliphatic hydroxyl groups is 1. The molecule has 18 heavy (non-hydrogen) atoms. The predicted molar refractivity (Wildman–Crippen MR) is 64.8 cm³/mol. The normalized spacial score (nSPS) is 18.1. The topological polar surface area (TPSA) is 92.4 Å². The van der Waals surface area contributed by atoms with E-state index in [4.69, 9.17) is 5.11 Å². The molecule has 6 nitrogen and oxygen atoms in total. The fourth-order valence-corrected chi connectivity index (χ4v) is 2.12. The molecule has 0 fully saturated rings. The van der Waals surface area contributed by atoms with E-state index in [1.807, 2.05) is 0 Å². The summed E-state index contributed by atoms with van der Waals surface area (Å²) >= 11 is 0. The van der Waals surface area contributed by atoms with E-state index >= 15 is 0 Å². The van der Waals surface area contributed by atoms with Crippen molar-refractivity contribution in [3.8, 4) is 0 Å². The Hall–Kier alpha value is -2.11. The highest BCUT2D eigenvalue weighted by molar-refractivity contribution is 5.88. The average molecular weight is 250 g/mol. The Bertz CT molecular complexity index is 601. The highest BCUT2D eigenvalue weighted by Gasteiger charge is 2.26. The number of fused-ring (bicyclic) bond motifs is 1. The Morgan fingerprint density at radius 1 is 1.61 bits per heavy atom. The van der Waals surface area contributed by atoms with Gasteiger partial charge in [0.1, 0.15) is 5.56 Å². The molecular weight excluding hydrogens is 236 g/mol. The molecule has 1 aliphatic heterocycles. The predicted octanol–water partition coefficient (Wildman–Crippen LogP) is 1.37. The molecule has 0 aliphatic carbocycles. The van der Waals surface area contributed by atoms with Crippen LogP contribution in [0.15, 0.2) is 10.9 Å². The lowest BCUT2D eigenvalue weighted by molar-refractivity contribution is 0.0692. The van der Waals surface area contributed by atoms with Gasteiger partial charge in [0.15, 0.2) is 11.6 Å².